The third-order valence-electron chi connectivity index (χ3n) is 3.07. The Kier molecular flexibility index (Phi) is 4.77. The summed E-state index contributed by atoms with van der Waals surface area (Å²) in [4.78, 5) is 11.5. The lowest BCUT2D eigenvalue weighted by Crippen LogP contribution is -2.03. The van der Waals surface area contributed by atoms with Gasteiger partial charge in [-0.3, -0.25) is 0 Å². The first-order chi connectivity index (χ1) is 10.1. The maximum absolute atomic E-state index is 11.5. The summed E-state index contributed by atoms with van der Waals surface area (Å²) in [5.41, 5.74) is 2.56. The van der Waals surface area contributed by atoms with Crippen molar-refractivity contribution in [1.82, 2.24) is 0 Å². The summed E-state index contributed by atoms with van der Waals surface area (Å²) in [5, 5.41) is 0. The topological polar surface area (TPSA) is 35.5 Å². The van der Waals surface area contributed by atoms with Crippen molar-refractivity contribution in [1.29, 1.82) is 0 Å². The van der Waals surface area contributed by atoms with Crippen molar-refractivity contribution in [3.63, 3.8) is 0 Å². The van der Waals surface area contributed by atoms with Gasteiger partial charge in [-0.25, -0.2) is 4.79 Å². The maximum atomic E-state index is 11.5. The largest absolute Gasteiger partial charge is 0.497 e. The molecule has 0 aromatic heterocycles. The molecule has 0 fully saturated rings. The Bertz CT molecular complexity index is 631. The number of hydrogen-bond donors (Lipinski definition) is 0. The number of esters is 1. The van der Waals surface area contributed by atoms with Crippen molar-refractivity contribution in [3.8, 4) is 5.75 Å². The lowest BCUT2D eigenvalue weighted by atomic mass is 10.0. The molecule has 0 radical (unpaired) electrons. The summed E-state index contributed by atoms with van der Waals surface area (Å²) in [6.07, 6.45) is 8.39. The maximum Gasteiger partial charge on any atom is 0.338 e. The van der Waals surface area contributed by atoms with Crippen LogP contribution in [0.3, 0.4) is 0 Å². The Hall–Kier alpha value is -2.55. The smallest absolute Gasteiger partial charge is 0.338 e. The number of ether oxygens (including phenoxy) is 2. The summed E-state index contributed by atoms with van der Waals surface area (Å²) in [7, 11) is 1.64. The van der Waals surface area contributed by atoms with Crippen LogP contribution < -0.4 is 4.74 Å². The fraction of sp³-hybridized carbons (Fsp3) is 0.167. The zero-order chi connectivity index (χ0) is 15.2. The predicted molar refractivity (Wildman–Crippen MR) is 83.7 cm³/mol. The first-order valence-electron chi connectivity index (χ1n) is 6.70. The molecule has 0 spiro atoms. The zero-order valence-corrected chi connectivity index (χ0v) is 12.3. The van der Waals surface area contributed by atoms with Crippen LogP contribution in [0.2, 0.25) is 0 Å². The van der Waals surface area contributed by atoms with Gasteiger partial charge >= 0.3 is 5.97 Å². The van der Waals surface area contributed by atoms with Gasteiger partial charge in [0.15, 0.2) is 0 Å². The number of hydrogen-bond acceptors (Lipinski definition) is 3. The fourth-order valence-electron chi connectivity index (χ4n) is 1.88. The van der Waals surface area contributed by atoms with Crippen LogP contribution in [-0.4, -0.2) is 13.1 Å². The van der Waals surface area contributed by atoms with E-state index in [0.29, 0.717) is 17.8 Å². The van der Waals surface area contributed by atoms with Crippen molar-refractivity contribution in [2.45, 2.75) is 13.3 Å². The number of methoxy groups -OCH3 is 1. The van der Waals surface area contributed by atoms with Gasteiger partial charge in [-0.1, -0.05) is 30.9 Å². The number of allylic oxidation sites excluding steroid dienone is 5. The van der Waals surface area contributed by atoms with Gasteiger partial charge in [0.05, 0.1) is 7.11 Å². The summed E-state index contributed by atoms with van der Waals surface area (Å²) in [6, 6.07) is 7.84. The van der Waals surface area contributed by atoms with Crippen LogP contribution >= 0.6 is 0 Å². The molecule has 0 amide bonds. The van der Waals surface area contributed by atoms with Crippen LogP contribution in [0.25, 0.3) is 5.57 Å². The van der Waals surface area contributed by atoms with Gasteiger partial charge in [0.2, 0.25) is 0 Å². The highest BCUT2D eigenvalue weighted by Crippen LogP contribution is 2.23. The van der Waals surface area contributed by atoms with Gasteiger partial charge < -0.3 is 9.47 Å². The van der Waals surface area contributed by atoms with Crippen molar-refractivity contribution in [3.05, 3.63) is 72.0 Å². The second-order valence-electron chi connectivity index (χ2n) is 4.73. The molecule has 0 unspecified atom stereocenters. The average Bonchev–Trinajstić information content (AvgIpc) is 2.73. The Morgan fingerprint density at radius 3 is 2.48 bits per heavy atom. The summed E-state index contributed by atoms with van der Waals surface area (Å²) >= 11 is 0. The predicted octanol–water partition coefficient (Wildman–Crippen LogP) is 4.04. The van der Waals surface area contributed by atoms with Gasteiger partial charge in [0.25, 0.3) is 0 Å². The molecule has 0 N–H and O–H groups in total. The highest BCUT2D eigenvalue weighted by molar-refractivity contribution is 5.88. The number of rotatable bonds is 4. The summed E-state index contributed by atoms with van der Waals surface area (Å²) in [5.74, 6) is 0.965. The van der Waals surface area contributed by atoms with E-state index in [1.165, 1.54) is 0 Å². The van der Waals surface area contributed by atoms with Crippen LogP contribution in [0.1, 0.15) is 18.9 Å². The normalized spacial score (nSPS) is 13.8. The highest BCUT2D eigenvalue weighted by Gasteiger charge is 2.08. The molecule has 3 nitrogen and oxygen atoms in total. The SMILES string of the molecule is C=C(C)C(=O)OC1=CCC=C(c2ccc(OC)cc2)C=C1. The van der Waals surface area contributed by atoms with Crippen molar-refractivity contribution in [2.75, 3.05) is 7.11 Å². The van der Waals surface area contributed by atoms with E-state index in [2.05, 4.69) is 12.7 Å². The molecule has 1 aromatic rings. The van der Waals surface area contributed by atoms with Crippen LogP contribution in [0.5, 0.6) is 5.75 Å². The zero-order valence-electron chi connectivity index (χ0n) is 12.3. The molecule has 0 aliphatic heterocycles. The minimum Gasteiger partial charge on any atom is -0.497 e. The number of carbonyl (C=O) groups is 1. The van der Waals surface area contributed by atoms with Crippen LogP contribution in [-0.2, 0) is 9.53 Å². The van der Waals surface area contributed by atoms with E-state index in [1.807, 2.05) is 36.4 Å². The van der Waals surface area contributed by atoms with Gasteiger partial charge in [-0.2, -0.15) is 0 Å². The molecule has 1 aromatic carbocycles. The minimum atomic E-state index is -0.404. The lowest BCUT2D eigenvalue weighted by Gasteiger charge is -2.04. The second kappa shape index (κ2) is 6.75. The van der Waals surface area contributed by atoms with Gasteiger partial charge in [-0.05, 0) is 48.8 Å². The van der Waals surface area contributed by atoms with E-state index in [1.54, 1.807) is 20.1 Å². The fourth-order valence-corrected chi connectivity index (χ4v) is 1.88. The molecule has 2 rings (SSSR count). The number of benzene rings is 1. The molecule has 21 heavy (non-hydrogen) atoms. The molecule has 0 heterocycles. The Labute approximate surface area is 124 Å². The standard InChI is InChI=1S/C18H18O3/c1-13(2)18(19)21-17-6-4-5-14(9-12-17)15-7-10-16(20-3)11-8-15/h5-12H,1,4H2,2-3H3. The third kappa shape index (κ3) is 3.96. The van der Waals surface area contributed by atoms with Crippen molar-refractivity contribution >= 4 is 11.5 Å². The van der Waals surface area contributed by atoms with E-state index in [4.69, 9.17) is 9.47 Å². The quantitative estimate of drug-likeness (QED) is 0.617. The highest BCUT2D eigenvalue weighted by atomic mass is 16.5. The van der Waals surface area contributed by atoms with Gasteiger partial charge in [0.1, 0.15) is 11.5 Å². The van der Waals surface area contributed by atoms with Crippen LogP contribution in [0.15, 0.2) is 66.5 Å². The van der Waals surface area contributed by atoms with Crippen LogP contribution in [0.4, 0.5) is 0 Å². The third-order valence-corrected chi connectivity index (χ3v) is 3.07. The molecular formula is C18H18O3. The Morgan fingerprint density at radius 1 is 1.14 bits per heavy atom. The Balaban J connectivity index is 2.10. The molecule has 0 saturated carbocycles. The van der Waals surface area contributed by atoms with E-state index in [9.17, 15) is 4.79 Å². The Morgan fingerprint density at radius 2 is 1.86 bits per heavy atom. The summed E-state index contributed by atoms with van der Waals surface area (Å²) < 4.78 is 10.4. The van der Waals surface area contributed by atoms with Crippen LogP contribution in [0, 0.1) is 0 Å². The van der Waals surface area contributed by atoms with Gasteiger partial charge in [-0.15, -0.1) is 0 Å². The molecule has 1 aliphatic rings. The lowest BCUT2D eigenvalue weighted by molar-refractivity contribution is -0.134. The molecule has 0 bridgehead atoms. The first-order valence-corrected chi connectivity index (χ1v) is 6.70. The molecular weight excluding hydrogens is 264 g/mol. The second-order valence-corrected chi connectivity index (χ2v) is 4.73. The van der Waals surface area contributed by atoms with Crippen molar-refractivity contribution in [2.24, 2.45) is 0 Å². The molecule has 0 saturated heterocycles. The monoisotopic (exact) mass is 282 g/mol. The van der Waals surface area contributed by atoms with E-state index in [-0.39, 0.29) is 0 Å². The first kappa shape index (κ1) is 14.9. The van der Waals surface area contributed by atoms with E-state index < -0.39 is 5.97 Å². The summed E-state index contributed by atoms with van der Waals surface area (Å²) in [6.45, 7) is 5.20. The molecule has 108 valence electrons. The van der Waals surface area contributed by atoms with Gasteiger partial charge in [0, 0.05) is 5.57 Å². The molecule has 1 aliphatic carbocycles. The minimum absolute atomic E-state index is 0.386. The van der Waals surface area contributed by atoms with E-state index >= 15 is 0 Å². The number of carbonyl (C=O) groups excluding carboxylic acids is 1. The molecule has 3 heteroatoms. The molecule has 0 atom stereocenters. The average molecular weight is 282 g/mol. The van der Waals surface area contributed by atoms with E-state index in [0.717, 1.165) is 16.9 Å². The van der Waals surface area contributed by atoms with Crippen molar-refractivity contribution < 1.29 is 14.3 Å².